The van der Waals surface area contributed by atoms with Crippen LogP contribution in [0.5, 0.6) is 0 Å². The molecule has 2 aliphatic rings. The van der Waals surface area contributed by atoms with Crippen LogP contribution >= 0.6 is 11.6 Å². The van der Waals surface area contributed by atoms with Gasteiger partial charge in [-0.15, -0.1) is 0 Å². The molecule has 1 N–H and O–H groups in total. The van der Waals surface area contributed by atoms with Gasteiger partial charge in [0.15, 0.2) is 0 Å². The number of nitrogens with zero attached hydrogens (tertiary/aromatic N) is 2. The molecule has 4 rings (SSSR count). The normalized spacial score (nSPS) is 22.5. The first-order chi connectivity index (χ1) is 14.3. The highest BCUT2D eigenvalue weighted by Crippen LogP contribution is 2.24. The first kappa shape index (κ1) is 20.8. The van der Waals surface area contributed by atoms with E-state index in [0.717, 1.165) is 11.1 Å². The zero-order valence-electron chi connectivity index (χ0n) is 16.4. The van der Waals surface area contributed by atoms with Gasteiger partial charge >= 0.3 is 0 Å². The Hall–Kier alpha value is -2.42. The van der Waals surface area contributed by atoms with Gasteiger partial charge in [0.1, 0.15) is 12.1 Å². The highest BCUT2D eigenvalue weighted by Gasteiger charge is 2.45. The second kappa shape index (κ2) is 8.02. The number of carbonyl (C=O) groups is 2. The maximum atomic E-state index is 13.0. The van der Waals surface area contributed by atoms with E-state index in [9.17, 15) is 18.0 Å². The summed E-state index contributed by atoms with van der Waals surface area (Å²) in [6, 6.07) is 12.2. The molecule has 2 atom stereocenters. The van der Waals surface area contributed by atoms with E-state index in [1.165, 1.54) is 9.21 Å². The van der Waals surface area contributed by atoms with Crippen molar-refractivity contribution in [3.63, 3.8) is 0 Å². The van der Waals surface area contributed by atoms with E-state index >= 15 is 0 Å². The molecule has 2 aromatic rings. The number of carbonyl (C=O) groups excluding carboxylic acids is 2. The number of benzene rings is 2. The predicted molar refractivity (Wildman–Crippen MR) is 113 cm³/mol. The van der Waals surface area contributed by atoms with Crippen LogP contribution in [0.2, 0.25) is 5.02 Å². The molecule has 0 aliphatic carbocycles. The number of rotatable bonds is 4. The Kier molecular flexibility index (Phi) is 5.57. The first-order valence-corrected chi connectivity index (χ1v) is 11.5. The first-order valence-electron chi connectivity index (χ1n) is 9.68. The molecule has 9 heteroatoms. The van der Waals surface area contributed by atoms with Crippen molar-refractivity contribution in [2.45, 2.75) is 30.3 Å². The van der Waals surface area contributed by atoms with Crippen LogP contribution < -0.4 is 5.32 Å². The van der Waals surface area contributed by atoms with E-state index in [4.69, 9.17) is 11.6 Å². The highest BCUT2D eigenvalue weighted by molar-refractivity contribution is 7.89. The summed E-state index contributed by atoms with van der Waals surface area (Å²) in [4.78, 5) is 27.4. The number of hydrogen-bond acceptors (Lipinski definition) is 4. The number of aryl methyl sites for hydroxylation is 1. The monoisotopic (exact) mass is 447 g/mol. The number of piperazine rings is 2. The molecule has 0 radical (unpaired) electrons. The molecule has 2 aromatic carbocycles. The molecule has 30 heavy (non-hydrogen) atoms. The van der Waals surface area contributed by atoms with Crippen LogP contribution in [0.25, 0.3) is 0 Å². The summed E-state index contributed by atoms with van der Waals surface area (Å²) in [6.07, 6.45) is 0.357. The van der Waals surface area contributed by atoms with Crippen molar-refractivity contribution in [2.24, 2.45) is 0 Å². The minimum absolute atomic E-state index is 0.0541. The van der Waals surface area contributed by atoms with Crippen LogP contribution in [-0.4, -0.2) is 61.2 Å². The van der Waals surface area contributed by atoms with Crippen molar-refractivity contribution in [3.8, 4) is 0 Å². The van der Waals surface area contributed by atoms with Crippen molar-refractivity contribution in [1.82, 2.24) is 14.5 Å². The van der Waals surface area contributed by atoms with Crippen LogP contribution in [0.1, 0.15) is 11.1 Å². The fraction of sp³-hybridized carbons (Fsp3) is 0.333. The van der Waals surface area contributed by atoms with E-state index < -0.39 is 22.1 Å². The lowest BCUT2D eigenvalue weighted by Crippen LogP contribution is -2.69. The summed E-state index contributed by atoms with van der Waals surface area (Å²) in [5.41, 5.74) is 1.85. The highest BCUT2D eigenvalue weighted by atomic mass is 35.5. The van der Waals surface area contributed by atoms with E-state index in [0.29, 0.717) is 11.4 Å². The molecule has 0 unspecified atom stereocenters. The van der Waals surface area contributed by atoms with Gasteiger partial charge in [0.2, 0.25) is 21.8 Å². The largest absolute Gasteiger partial charge is 0.342 e. The molecule has 2 amide bonds. The minimum atomic E-state index is -3.73. The quantitative estimate of drug-likeness (QED) is 0.771. The second-order valence-electron chi connectivity index (χ2n) is 7.62. The van der Waals surface area contributed by atoms with Crippen LogP contribution in [0, 0.1) is 6.92 Å². The Balaban J connectivity index is 1.49. The standard InChI is InChI=1S/C21H22ClN3O4S/c1-14-2-8-17(9-3-14)30(28,29)24-10-11-25-19(13-24)20(26)23-18(21(25)27)12-15-4-6-16(22)7-5-15/h2-9,18-19H,10-13H2,1H3,(H,23,26)/t18-,19+/m0/s1. The molecule has 7 nitrogen and oxygen atoms in total. The number of halogens is 1. The molecule has 2 saturated heterocycles. The molecular formula is C21H22ClN3O4S. The lowest BCUT2D eigenvalue weighted by Gasteiger charge is -2.44. The zero-order valence-corrected chi connectivity index (χ0v) is 18.0. The minimum Gasteiger partial charge on any atom is -0.342 e. The Morgan fingerprint density at radius 1 is 1.03 bits per heavy atom. The van der Waals surface area contributed by atoms with Crippen LogP contribution in [0.15, 0.2) is 53.4 Å². The van der Waals surface area contributed by atoms with E-state index in [2.05, 4.69) is 5.32 Å². The van der Waals surface area contributed by atoms with Gasteiger partial charge in [-0.1, -0.05) is 41.4 Å². The van der Waals surface area contributed by atoms with Crippen LogP contribution in [0.4, 0.5) is 0 Å². The molecule has 2 heterocycles. The number of nitrogens with one attached hydrogen (secondary N) is 1. The van der Waals surface area contributed by atoms with E-state index in [1.807, 2.05) is 19.1 Å². The predicted octanol–water partition coefficient (Wildman–Crippen LogP) is 1.59. The van der Waals surface area contributed by atoms with Crippen molar-refractivity contribution in [1.29, 1.82) is 0 Å². The summed E-state index contributed by atoms with van der Waals surface area (Å²) in [7, 11) is -3.73. The average molecular weight is 448 g/mol. The van der Waals surface area contributed by atoms with E-state index in [1.54, 1.807) is 36.4 Å². The molecule has 0 aromatic heterocycles. The number of sulfonamides is 1. The lowest BCUT2D eigenvalue weighted by molar-refractivity contribution is -0.151. The van der Waals surface area contributed by atoms with Crippen molar-refractivity contribution >= 4 is 33.4 Å². The third kappa shape index (κ3) is 3.95. The van der Waals surface area contributed by atoms with Gasteiger partial charge in [0, 0.05) is 31.1 Å². The lowest BCUT2D eigenvalue weighted by atomic mass is 9.99. The number of amides is 2. The zero-order chi connectivity index (χ0) is 21.5. The molecule has 0 bridgehead atoms. The third-order valence-electron chi connectivity index (χ3n) is 5.56. The van der Waals surface area contributed by atoms with Crippen molar-refractivity contribution in [2.75, 3.05) is 19.6 Å². The van der Waals surface area contributed by atoms with Gasteiger partial charge in [-0.3, -0.25) is 9.59 Å². The van der Waals surface area contributed by atoms with Gasteiger partial charge in [-0.25, -0.2) is 8.42 Å². The topological polar surface area (TPSA) is 86.8 Å². The Bertz CT molecular complexity index is 1070. The van der Waals surface area contributed by atoms with Crippen molar-refractivity contribution < 1.29 is 18.0 Å². The summed E-state index contributed by atoms with van der Waals surface area (Å²) >= 11 is 5.90. The fourth-order valence-corrected chi connectivity index (χ4v) is 5.41. The van der Waals surface area contributed by atoms with Gasteiger partial charge in [-0.05, 0) is 36.8 Å². The molecule has 158 valence electrons. The molecule has 2 aliphatic heterocycles. The summed E-state index contributed by atoms with van der Waals surface area (Å²) in [6.45, 7) is 2.16. The fourth-order valence-electron chi connectivity index (χ4n) is 3.85. The molecule has 0 spiro atoms. The summed E-state index contributed by atoms with van der Waals surface area (Å²) < 4.78 is 27.2. The molecule has 2 fully saturated rings. The summed E-state index contributed by atoms with van der Waals surface area (Å²) in [5, 5.41) is 3.36. The van der Waals surface area contributed by atoms with Crippen molar-refractivity contribution in [3.05, 3.63) is 64.7 Å². The molecule has 0 saturated carbocycles. The summed E-state index contributed by atoms with van der Waals surface area (Å²) in [5.74, 6) is -0.528. The third-order valence-corrected chi connectivity index (χ3v) is 7.69. The maximum absolute atomic E-state index is 13.0. The maximum Gasteiger partial charge on any atom is 0.246 e. The smallest absolute Gasteiger partial charge is 0.246 e. The van der Waals surface area contributed by atoms with Gasteiger partial charge < -0.3 is 10.2 Å². The Labute approximate surface area is 180 Å². The van der Waals surface area contributed by atoms with E-state index in [-0.39, 0.29) is 36.3 Å². The van der Waals surface area contributed by atoms with Crippen LogP contribution in [-0.2, 0) is 26.0 Å². The van der Waals surface area contributed by atoms with Gasteiger partial charge in [-0.2, -0.15) is 4.31 Å². The number of fused-ring (bicyclic) bond motifs is 1. The second-order valence-corrected chi connectivity index (χ2v) is 9.99. The van der Waals surface area contributed by atoms with Crippen LogP contribution in [0.3, 0.4) is 0 Å². The average Bonchev–Trinajstić information content (AvgIpc) is 2.73. The number of hydrogen-bond donors (Lipinski definition) is 1. The molecular weight excluding hydrogens is 426 g/mol. The van der Waals surface area contributed by atoms with Gasteiger partial charge in [0.05, 0.1) is 4.90 Å². The van der Waals surface area contributed by atoms with Gasteiger partial charge in [0.25, 0.3) is 0 Å². The SMILES string of the molecule is Cc1ccc(S(=O)(=O)N2CCN3C(=O)[C@H](Cc4ccc(Cl)cc4)NC(=O)[C@H]3C2)cc1. The Morgan fingerprint density at radius 2 is 1.70 bits per heavy atom. The Morgan fingerprint density at radius 3 is 2.37 bits per heavy atom.